The van der Waals surface area contributed by atoms with Crippen molar-refractivity contribution in [3.05, 3.63) is 47.1 Å². The number of allylic oxidation sites excluding steroid dienone is 5. The molecule has 0 saturated heterocycles. The van der Waals surface area contributed by atoms with Crippen molar-refractivity contribution >= 4 is 10.8 Å². The second-order valence-corrected chi connectivity index (χ2v) is 15.2. The van der Waals surface area contributed by atoms with Gasteiger partial charge in [0.1, 0.15) is 0 Å². The van der Waals surface area contributed by atoms with Crippen molar-refractivity contribution in [2.24, 2.45) is 11.3 Å². The van der Waals surface area contributed by atoms with Crippen LogP contribution in [0.3, 0.4) is 0 Å². The van der Waals surface area contributed by atoms with Gasteiger partial charge in [-0.15, -0.1) is 0 Å². The highest BCUT2D eigenvalue weighted by atomic mass is 32.2. The number of aliphatic hydroxyl groups is 2. The Hall–Kier alpha value is -0.970. The van der Waals surface area contributed by atoms with Crippen LogP contribution in [0.25, 0.3) is 0 Å². The number of rotatable bonds is 6. The molecule has 2 N–H and O–H groups in total. The van der Waals surface area contributed by atoms with Crippen LogP contribution in [0.5, 0.6) is 0 Å². The van der Waals surface area contributed by atoms with E-state index in [0.29, 0.717) is 18.8 Å². The molecule has 186 valence electrons. The molecule has 5 unspecified atom stereocenters. The van der Waals surface area contributed by atoms with Crippen molar-refractivity contribution < 1.29 is 14.4 Å². The Morgan fingerprint density at radius 1 is 1.21 bits per heavy atom. The average molecular weight is 475 g/mol. The van der Waals surface area contributed by atoms with E-state index in [9.17, 15) is 14.4 Å². The van der Waals surface area contributed by atoms with E-state index in [0.717, 1.165) is 43.3 Å². The van der Waals surface area contributed by atoms with Crippen molar-refractivity contribution in [3.8, 4) is 0 Å². The molecular weight excluding hydrogens is 428 g/mol. The van der Waals surface area contributed by atoms with E-state index in [1.807, 2.05) is 0 Å². The maximum absolute atomic E-state index is 13.0. The molecule has 3 aliphatic carbocycles. The van der Waals surface area contributed by atoms with Crippen LogP contribution in [-0.2, 0) is 10.8 Å². The van der Waals surface area contributed by atoms with Gasteiger partial charge < -0.3 is 10.2 Å². The highest BCUT2D eigenvalue weighted by molar-refractivity contribution is 7.87. The summed E-state index contributed by atoms with van der Waals surface area (Å²) >= 11 is 0. The van der Waals surface area contributed by atoms with Gasteiger partial charge in [-0.25, -0.2) is 0 Å². The molecule has 0 spiro atoms. The summed E-state index contributed by atoms with van der Waals surface area (Å²) < 4.78 is 12.6. The molecule has 0 amide bonds. The Balaban J connectivity index is 1.67. The van der Waals surface area contributed by atoms with E-state index >= 15 is 0 Å². The summed E-state index contributed by atoms with van der Waals surface area (Å²) in [5, 5.41) is 20.2. The molecule has 0 radical (unpaired) electrons. The predicted octanol–water partition coefficient (Wildman–Crippen LogP) is 6.54. The van der Waals surface area contributed by atoms with Crippen LogP contribution >= 0.6 is 0 Å². The number of hydrogen-bond acceptors (Lipinski definition) is 3. The number of fused-ring (bicyclic) bond motifs is 1. The van der Waals surface area contributed by atoms with Crippen LogP contribution in [0.15, 0.2) is 47.1 Å². The molecule has 0 heterocycles. The van der Waals surface area contributed by atoms with E-state index in [1.165, 1.54) is 18.4 Å². The van der Waals surface area contributed by atoms with Crippen LogP contribution in [0.2, 0.25) is 0 Å². The molecule has 3 rings (SSSR count). The fourth-order valence-corrected chi connectivity index (χ4v) is 8.37. The second kappa shape index (κ2) is 9.95. The Morgan fingerprint density at radius 3 is 2.58 bits per heavy atom. The molecule has 3 nitrogen and oxygen atoms in total. The van der Waals surface area contributed by atoms with E-state index in [4.69, 9.17) is 0 Å². The molecule has 2 fully saturated rings. The summed E-state index contributed by atoms with van der Waals surface area (Å²) in [5.41, 5.74) is 5.06. The molecule has 3 aliphatic rings. The van der Waals surface area contributed by atoms with Gasteiger partial charge in [0.05, 0.1) is 12.2 Å². The van der Waals surface area contributed by atoms with Crippen molar-refractivity contribution in [3.63, 3.8) is 0 Å². The zero-order valence-electron chi connectivity index (χ0n) is 21.7. The summed E-state index contributed by atoms with van der Waals surface area (Å²) in [6.45, 7) is 17.0. The monoisotopic (exact) mass is 474 g/mol. The van der Waals surface area contributed by atoms with Gasteiger partial charge in [-0.2, -0.15) is 0 Å². The quantitative estimate of drug-likeness (QED) is 0.430. The average Bonchev–Trinajstić information content (AvgIpc) is 3.05. The van der Waals surface area contributed by atoms with Gasteiger partial charge in [0.25, 0.3) is 0 Å². The van der Waals surface area contributed by atoms with Gasteiger partial charge in [-0.3, -0.25) is 4.21 Å². The van der Waals surface area contributed by atoms with Gasteiger partial charge in [0.15, 0.2) is 0 Å². The third kappa shape index (κ3) is 5.82. The fourth-order valence-electron chi connectivity index (χ4n) is 6.38. The molecule has 0 aromatic carbocycles. The Bertz CT molecular complexity index is 870. The third-order valence-electron chi connectivity index (χ3n) is 8.26. The Kier molecular flexibility index (Phi) is 8.03. The molecule has 0 aromatic heterocycles. The molecule has 0 aliphatic heterocycles. The zero-order valence-corrected chi connectivity index (χ0v) is 22.6. The molecule has 33 heavy (non-hydrogen) atoms. The SMILES string of the molecule is C=C1/C(=C\C=C2/CCCC3(C)C(CCCC(C)(C)S(=O)C(C)(C)C)=CCC23)CC(O)CC1O. The lowest BCUT2D eigenvalue weighted by Gasteiger charge is -2.41. The fraction of sp³-hybridized carbons (Fsp3) is 0.724. The Morgan fingerprint density at radius 2 is 1.91 bits per heavy atom. The summed E-state index contributed by atoms with van der Waals surface area (Å²) in [4.78, 5) is 0. The van der Waals surface area contributed by atoms with E-state index in [1.54, 1.807) is 5.57 Å². The lowest BCUT2D eigenvalue weighted by molar-refractivity contribution is 0.0862. The van der Waals surface area contributed by atoms with Crippen LogP contribution in [-0.4, -0.2) is 36.1 Å². The molecule has 4 heteroatoms. The van der Waals surface area contributed by atoms with Crippen LogP contribution < -0.4 is 0 Å². The van der Waals surface area contributed by atoms with Crippen molar-refractivity contribution in [1.82, 2.24) is 0 Å². The van der Waals surface area contributed by atoms with E-state index in [2.05, 4.69) is 66.3 Å². The van der Waals surface area contributed by atoms with E-state index < -0.39 is 23.0 Å². The van der Waals surface area contributed by atoms with Gasteiger partial charge in [0, 0.05) is 26.7 Å². The van der Waals surface area contributed by atoms with E-state index in [-0.39, 0.29) is 14.9 Å². The lowest BCUT2D eigenvalue weighted by atomic mass is 9.63. The first kappa shape index (κ1) is 26.6. The third-order valence-corrected chi connectivity index (χ3v) is 10.6. The Labute approximate surface area is 204 Å². The molecule has 0 aromatic rings. The highest BCUT2D eigenvalue weighted by Crippen LogP contribution is 2.56. The molecule has 0 bridgehead atoms. The van der Waals surface area contributed by atoms with Crippen molar-refractivity contribution in [2.75, 3.05) is 0 Å². The highest BCUT2D eigenvalue weighted by Gasteiger charge is 2.44. The first-order valence-electron chi connectivity index (χ1n) is 12.8. The van der Waals surface area contributed by atoms with Gasteiger partial charge in [0.2, 0.25) is 0 Å². The minimum atomic E-state index is -0.866. The van der Waals surface area contributed by atoms with Crippen molar-refractivity contribution in [2.45, 2.75) is 121 Å². The first-order chi connectivity index (χ1) is 15.3. The molecule has 5 atom stereocenters. The maximum atomic E-state index is 13.0. The zero-order chi connectivity index (χ0) is 24.6. The van der Waals surface area contributed by atoms with Gasteiger partial charge in [-0.1, -0.05) is 42.9 Å². The van der Waals surface area contributed by atoms with Gasteiger partial charge in [-0.05, 0) is 108 Å². The standard InChI is InChI=1S/C29H46O3S/c1-20-22(18-24(30)19-26(20)31)13-12-21-10-8-17-29(7)23(14-15-25(21)29)11-9-16-28(5,6)33(32)27(2,3)4/h12-14,24-26,30-31H,1,8-11,15-19H2,2-7H3/b21-12+,22-13-. The van der Waals surface area contributed by atoms with Crippen LogP contribution in [0, 0.1) is 11.3 Å². The minimum absolute atomic E-state index is 0.168. The second-order valence-electron chi connectivity index (χ2n) is 12.4. The van der Waals surface area contributed by atoms with Gasteiger partial charge >= 0.3 is 0 Å². The summed E-state index contributed by atoms with van der Waals surface area (Å²) in [5.74, 6) is 0.543. The number of hydrogen-bond donors (Lipinski definition) is 2. The van der Waals surface area contributed by atoms with Crippen molar-refractivity contribution in [1.29, 1.82) is 0 Å². The minimum Gasteiger partial charge on any atom is -0.393 e. The summed E-state index contributed by atoms with van der Waals surface area (Å²) in [7, 11) is -0.866. The molecular formula is C29H46O3S. The van der Waals surface area contributed by atoms with Crippen LogP contribution in [0.1, 0.15) is 99.3 Å². The topological polar surface area (TPSA) is 57.5 Å². The maximum Gasteiger partial charge on any atom is 0.0811 e. The first-order valence-corrected chi connectivity index (χ1v) is 14.0. The normalized spacial score (nSPS) is 34.5. The number of aliphatic hydroxyl groups excluding tert-OH is 2. The smallest absolute Gasteiger partial charge is 0.0811 e. The summed E-state index contributed by atoms with van der Waals surface area (Å²) in [6.07, 6.45) is 14.5. The summed E-state index contributed by atoms with van der Waals surface area (Å²) in [6, 6.07) is 0. The lowest BCUT2D eigenvalue weighted by Crippen LogP contribution is -2.38. The largest absolute Gasteiger partial charge is 0.393 e. The van der Waals surface area contributed by atoms with Crippen LogP contribution in [0.4, 0.5) is 0 Å². The predicted molar refractivity (Wildman–Crippen MR) is 141 cm³/mol. The molecule has 2 saturated carbocycles.